The average molecular weight is 672 g/mol. The van der Waals surface area contributed by atoms with Crippen LogP contribution in [-0.2, 0) is 61.6 Å². The number of rotatable bonds is 40. The van der Waals surface area contributed by atoms with Gasteiger partial charge in [0.25, 0.3) is 0 Å². The van der Waals surface area contributed by atoms with Gasteiger partial charge < -0.3 is 62.6 Å². The van der Waals surface area contributed by atoms with Gasteiger partial charge in [0.2, 0.25) is 0 Å². The van der Waals surface area contributed by atoms with Crippen molar-refractivity contribution >= 4 is 5.97 Å². The van der Waals surface area contributed by atoms with Crippen LogP contribution in [0.4, 0.5) is 0 Å². The summed E-state index contributed by atoms with van der Waals surface area (Å²) in [5, 5.41) is 0. The van der Waals surface area contributed by atoms with Crippen molar-refractivity contribution < 1.29 is 61.6 Å². The molecular formula is C32H65NO13. The third-order valence-electron chi connectivity index (χ3n) is 6.19. The number of ether oxygens (including phenoxy) is 12. The molecule has 1 atom stereocenters. The molecule has 0 fully saturated rings. The van der Waals surface area contributed by atoms with Gasteiger partial charge in [-0.3, -0.25) is 4.79 Å². The summed E-state index contributed by atoms with van der Waals surface area (Å²) < 4.78 is 65.0. The van der Waals surface area contributed by atoms with E-state index in [0.29, 0.717) is 152 Å². The van der Waals surface area contributed by atoms with E-state index in [0.717, 1.165) is 25.7 Å². The van der Waals surface area contributed by atoms with Crippen molar-refractivity contribution in [1.29, 1.82) is 0 Å². The Bertz CT molecular complexity index is 592. The minimum Gasteiger partial charge on any atom is -0.463 e. The molecule has 46 heavy (non-hydrogen) atoms. The first-order chi connectivity index (χ1) is 22.8. The van der Waals surface area contributed by atoms with Crippen LogP contribution >= 0.6 is 0 Å². The number of unbranched alkanes of at least 4 members (excludes halogenated alkanes) is 1. The SMILES string of the molecule is CCCCC(CC)C(=O)OCCOCCOCCOCCOCCOCCOCCOCCOCCOCCOCCOCCN. The van der Waals surface area contributed by atoms with Crippen LogP contribution in [0.5, 0.6) is 0 Å². The van der Waals surface area contributed by atoms with Gasteiger partial charge in [-0.2, -0.15) is 0 Å². The second kappa shape index (κ2) is 40.2. The molecule has 0 rings (SSSR count). The molecule has 0 aliphatic heterocycles. The van der Waals surface area contributed by atoms with Crippen LogP contribution in [0.25, 0.3) is 0 Å². The van der Waals surface area contributed by atoms with Gasteiger partial charge in [0, 0.05) is 6.54 Å². The van der Waals surface area contributed by atoms with Gasteiger partial charge >= 0.3 is 5.97 Å². The normalized spacial score (nSPS) is 12.2. The van der Waals surface area contributed by atoms with Gasteiger partial charge in [0.1, 0.15) is 6.61 Å². The lowest BCUT2D eigenvalue weighted by molar-refractivity contribution is -0.150. The summed E-state index contributed by atoms with van der Waals surface area (Å²) >= 11 is 0. The maximum absolute atomic E-state index is 12.0. The minimum absolute atomic E-state index is 0.00366. The quantitative estimate of drug-likeness (QED) is 0.0745. The Labute approximate surface area is 277 Å². The lowest BCUT2D eigenvalue weighted by Gasteiger charge is -2.13. The van der Waals surface area contributed by atoms with E-state index < -0.39 is 0 Å². The topological polar surface area (TPSA) is 154 Å². The zero-order valence-corrected chi connectivity index (χ0v) is 28.8. The predicted octanol–water partition coefficient (Wildman–Crippen LogP) is 1.89. The van der Waals surface area contributed by atoms with E-state index in [9.17, 15) is 4.79 Å². The first-order valence-corrected chi connectivity index (χ1v) is 17.0. The van der Waals surface area contributed by atoms with Crippen molar-refractivity contribution in [3.63, 3.8) is 0 Å². The summed E-state index contributed by atoms with van der Waals surface area (Å²) in [7, 11) is 0. The Balaban J connectivity index is 3.13. The van der Waals surface area contributed by atoms with Crippen LogP contribution in [-0.4, -0.2) is 164 Å². The lowest BCUT2D eigenvalue weighted by atomic mass is 10.00. The Morgan fingerprint density at radius 3 is 0.935 bits per heavy atom. The van der Waals surface area contributed by atoms with Gasteiger partial charge in [0.15, 0.2) is 0 Å². The van der Waals surface area contributed by atoms with Crippen LogP contribution in [0.2, 0.25) is 0 Å². The largest absolute Gasteiger partial charge is 0.463 e. The van der Waals surface area contributed by atoms with E-state index >= 15 is 0 Å². The molecule has 0 aliphatic carbocycles. The molecule has 0 radical (unpaired) electrons. The van der Waals surface area contributed by atoms with Crippen LogP contribution in [0.1, 0.15) is 39.5 Å². The number of carbonyl (C=O) groups excluding carboxylic acids is 1. The number of hydrogen-bond donors (Lipinski definition) is 1. The number of esters is 1. The molecule has 0 amide bonds. The maximum Gasteiger partial charge on any atom is 0.308 e. The highest BCUT2D eigenvalue weighted by molar-refractivity contribution is 5.72. The molecule has 0 aliphatic rings. The van der Waals surface area contributed by atoms with Crippen LogP contribution < -0.4 is 5.73 Å². The van der Waals surface area contributed by atoms with Gasteiger partial charge in [0.05, 0.1) is 151 Å². The molecule has 1 unspecified atom stereocenters. The fourth-order valence-corrected chi connectivity index (χ4v) is 3.64. The Kier molecular flexibility index (Phi) is 39.3. The molecule has 14 heteroatoms. The monoisotopic (exact) mass is 671 g/mol. The Morgan fingerprint density at radius 2 is 0.696 bits per heavy atom. The van der Waals surface area contributed by atoms with Crippen LogP contribution in [0.15, 0.2) is 0 Å². The van der Waals surface area contributed by atoms with Gasteiger partial charge in [-0.15, -0.1) is 0 Å². The number of hydrogen-bond acceptors (Lipinski definition) is 14. The van der Waals surface area contributed by atoms with Crippen molar-refractivity contribution in [3.8, 4) is 0 Å². The van der Waals surface area contributed by atoms with Crippen molar-refractivity contribution in [2.24, 2.45) is 11.7 Å². The summed E-state index contributed by atoms with van der Waals surface area (Å²) in [5.41, 5.74) is 5.33. The molecule has 0 saturated carbocycles. The molecule has 276 valence electrons. The van der Waals surface area contributed by atoms with Gasteiger partial charge in [-0.1, -0.05) is 26.7 Å². The minimum atomic E-state index is -0.120. The summed E-state index contributed by atoms with van der Waals surface area (Å²) in [4.78, 5) is 12.0. The molecule has 0 saturated heterocycles. The zero-order chi connectivity index (χ0) is 33.4. The zero-order valence-electron chi connectivity index (χ0n) is 28.8. The second-order valence-electron chi connectivity index (χ2n) is 9.94. The second-order valence-corrected chi connectivity index (χ2v) is 9.94. The highest BCUT2D eigenvalue weighted by Crippen LogP contribution is 2.14. The van der Waals surface area contributed by atoms with Crippen molar-refractivity contribution in [2.75, 3.05) is 159 Å². The van der Waals surface area contributed by atoms with E-state index in [1.165, 1.54) is 0 Å². The summed E-state index contributed by atoms with van der Waals surface area (Å²) in [6.45, 7) is 15.9. The summed E-state index contributed by atoms with van der Waals surface area (Å²) in [5.74, 6) is -0.124. The highest BCUT2D eigenvalue weighted by Gasteiger charge is 2.16. The third kappa shape index (κ3) is 35.8. The highest BCUT2D eigenvalue weighted by atomic mass is 16.6. The Morgan fingerprint density at radius 1 is 0.435 bits per heavy atom. The van der Waals surface area contributed by atoms with E-state index in [4.69, 9.17) is 62.6 Å². The van der Waals surface area contributed by atoms with Crippen LogP contribution in [0.3, 0.4) is 0 Å². The van der Waals surface area contributed by atoms with Crippen molar-refractivity contribution in [1.82, 2.24) is 0 Å². The van der Waals surface area contributed by atoms with E-state index in [1.807, 2.05) is 6.92 Å². The lowest BCUT2D eigenvalue weighted by Crippen LogP contribution is -2.20. The smallest absolute Gasteiger partial charge is 0.308 e. The molecule has 0 spiro atoms. The summed E-state index contributed by atoms with van der Waals surface area (Å²) in [6, 6.07) is 0. The van der Waals surface area contributed by atoms with Crippen molar-refractivity contribution in [2.45, 2.75) is 39.5 Å². The molecule has 0 aromatic heterocycles. The molecule has 0 aromatic rings. The van der Waals surface area contributed by atoms with Gasteiger partial charge in [-0.25, -0.2) is 0 Å². The van der Waals surface area contributed by atoms with E-state index in [1.54, 1.807) is 0 Å². The summed E-state index contributed by atoms with van der Waals surface area (Å²) in [6.07, 6.45) is 3.83. The molecule has 2 N–H and O–H groups in total. The predicted molar refractivity (Wildman–Crippen MR) is 172 cm³/mol. The Hall–Kier alpha value is -1.01. The fourth-order valence-electron chi connectivity index (χ4n) is 3.64. The fraction of sp³-hybridized carbons (Fsp3) is 0.969. The van der Waals surface area contributed by atoms with Crippen LogP contribution in [0, 0.1) is 5.92 Å². The van der Waals surface area contributed by atoms with E-state index in [2.05, 4.69) is 6.92 Å². The first kappa shape index (κ1) is 45.0. The third-order valence-corrected chi connectivity index (χ3v) is 6.19. The standard InChI is InChI=1S/C32H65NO13/c1-3-5-6-31(4-2)32(34)46-30-29-45-28-27-44-26-25-43-24-23-42-22-21-41-20-19-40-18-17-39-16-15-38-14-13-37-12-11-36-10-9-35-8-7-33/h31H,3-30,33H2,1-2H3. The molecule has 14 nitrogen and oxygen atoms in total. The average Bonchev–Trinajstić information content (AvgIpc) is 3.06. The maximum atomic E-state index is 12.0. The van der Waals surface area contributed by atoms with Crippen molar-refractivity contribution in [3.05, 3.63) is 0 Å². The molecule has 0 aromatic carbocycles. The molecular weight excluding hydrogens is 606 g/mol. The first-order valence-electron chi connectivity index (χ1n) is 17.0. The molecule has 0 bridgehead atoms. The molecule has 0 heterocycles. The van der Waals surface area contributed by atoms with E-state index in [-0.39, 0.29) is 18.5 Å². The number of nitrogens with two attached hydrogens (primary N) is 1. The number of carbonyl (C=O) groups is 1. The van der Waals surface area contributed by atoms with Gasteiger partial charge in [-0.05, 0) is 12.8 Å².